The first kappa shape index (κ1) is 23.9. The Morgan fingerprint density at radius 2 is 1.91 bits per heavy atom. The van der Waals surface area contributed by atoms with Gasteiger partial charge in [0.2, 0.25) is 0 Å². The molecular weight excluding hydrogens is 457 g/mol. The molecule has 1 aliphatic heterocycles. The third kappa shape index (κ3) is 6.02. The van der Waals surface area contributed by atoms with Gasteiger partial charge in [-0.1, -0.05) is 19.1 Å². The lowest BCUT2D eigenvalue weighted by atomic mass is 10.1. The molecule has 1 fully saturated rings. The van der Waals surface area contributed by atoms with E-state index in [9.17, 15) is 12.8 Å². The molecule has 180 valence electrons. The van der Waals surface area contributed by atoms with Gasteiger partial charge in [-0.3, -0.25) is 0 Å². The van der Waals surface area contributed by atoms with Crippen molar-refractivity contribution in [1.29, 1.82) is 0 Å². The highest BCUT2D eigenvalue weighted by atomic mass is 32.2. The summed E-state index contributed by atoms with van der Waals surface area (Å²) in [6.07, 6.45) is 6.83. The van der Waals surface area contributed by atoms with Gasteiger partial charge in [-0.15, -0.1) is 0 Å². The molecule has 0 amide bonds. The van der Waals surface area contributed by atoms with Gasteiger partial charge in [-0.05, 0) is 47.9 Å². The van der Waals surface area contributed by atoms with Gasteiger partial charge in [-0.2, -0.15) is 0 Å². The van der Waals surface area contributed by atoms with Crippen molar-refractivity contribution in [2.75, 3.05) is 30.9 Å². The molecule has 2 heterocycles. The molecule has 1 saturated heterocycles. The van der Waals surface area contributed by atoms with Crippen molar-refractivity contribution in [2.45, 2.75) is 37.2 Å². The number of hydrogen-bond donors (Lipinski definition) is 0. The van der Waals surface area contributed by atoms with Crippen molar-refractivity contribution >= 4 is 15.5 Å². The normalized spacial score (nSPS) is 16.0. The summed E-state index contributed by atoms with van der Waals surface area (Å²) in [5.41, 5.74) is 2.52. The second-order valence-electron chi connectivity index (χ2n) is 8.33. The fourth-order valence-electron chi connectivity index (χ4n) is 3.84. The smallest absolute Gasteiger partial charge is 0.316 e. The van der Waals surface area contributed by atoms with E-state index in [1.165, 1.54) is 12.1 Å². The number of rotatable bonds is 9. The highest BCUT2D eigenvalue weighted by molar-refractivity contribution is 7.90. The molecule has 2 aromatic carbocycles. The molecule has 0 radical (unpaired) electrons. The summed E-state index contributed by atoms with van der Waals surface area (Å²) in [6, 6.07) is 12.2. The van der Waals surface area contributed by atoms with E-state index in [0.717, 1.165) is 42.0 Å². The van der Waals surface area contributed by atoms with E-state index in [1.807, 2.05) is 36.1 Å². The summed E-state index contributed by atoms with van der Waals surface area (Å²) < 4.78 is 49.6. The molecule has 7 nitrogen and oxygen atoms in total. The SMILES string of the molecule is CCc1cnc(OCCc2cccc(OC3CCN(c4ccc(S(C)(=O)=O)cc4F)C3)c2)nc1. The minimum absolute atomic E-state index is 0.0221. The molecule has 0 N–H and O–H groups in total. The fraction of sp³-hybridized carbons (Fsp3) is 0.360. The van der Waals surface area contributed by atoms with Gasteiger partial charge in [0.1, 0.15) is 17.7 Å². The maximum atomic E-state index is 14.6. The van der Waals surface area contributed by atoms with Gasteiger partial charge in [-0.25, -0.2) is 22.8 Å². The van der Waals surface area contributed by atoms with Crippen molar-refractivity contribution in [3.05, 3.63) is 71.8 Å². The zero-order valence-electron chi connectivity index (χ0n) is 19.3. The van der Waals surface area contributed by atoms with Crippen molar-refractivity contribution in [3.8, 4) is 11.8 Å². The summed E-state index contributed by atoms with van der Waals surface area (Å²) in [5, 5.41) is 0. The number of aromatic nitrogens is 2. The average Bonchev–Trinajstić information content (AvgIpc) is 3.27. The second-order valence-corrected chi connectivity index (χ2v) is 10.3. The predicted octanol–water partition coefficient (Wildman–Crippen LogP) is 3.86. The lowest BCUT2D eigenvalue weighted by Gasteiger charge is -2.20. The molecule has 4 rings (SSSR count). The molecule has 0 bridgehead atoms. The van der Waals surface area contributed by atoms with Crippen LogP contribution in [0.1, 0.15) is 24.5 Å². The Labute approximate surface area is 199 Å². The molecule has 9 heteroatoms. The summed E-state index contributed by atoms with van der Waals surface area (Å²) >= 11 is 0. The third-order valence-electron chi connectivity index (χ3n) is 5.75. The molecule has 1 atom stereocenters. The number of aryl methyl sites for hydroxylation is 1. The molecule has 3 aromatic rings. The lowest BCUT2D eigenvalue weighted by molar-refractivity contribution is 0.224. The van der Waals surface area contributed by atoms with Crippen molar-refractivity contribution in [3.63, 3.8) is 0 Å². The number of hydrogen-bond acceptors (Lipinski definition) is 7. The average molecular weight is 486 g/mol. The Morgan fingerprint density at radius 3 is 2.62 bits per heavy atom. The van der Waals surface area contributed by atoms with Crippen LogP contribution in [-0.2, 0) is 22.7 Å². The number of benzene rings is 2. The number of anilines is 1. The van der Waals surface area contributed by atoms with E-state index < -0.39 is 15.7 Å². The van der Waals surface area contributed by atoms with Crippen LogP contribution >= 0.6 is 0 Å². The third-order valence-corrected chi connectivity index (χ3v) is 6.86. The molecule has 1 unspecified atom stereocenters. The second kappa shape index (κ2) is 10.4. The van der Waals surface area contributed by atoms with Crippen LogP contribution in [0.3, 0.4) is 0 Å². The number of nitrogens with zero attached hydrogens (tertiary/aromatic N) is 3. The maximum Gasteiger partial charge on any atom is 0.316 e. The summed E-state index contributed by atoms with van der Waals surface area (Å²) in [7, 11) is -3.45. The van der Waals surface area contributed by atoms with Crippen LogP contribution in [0.5, 0.6) is 11.8 Å². The molecular formula is C25H28FN3O4S. The first-order valence-corrected chi connectivity index (χ1v) is 13.1. The topological polar surface area (TPSA) is 81.6 Å². The molecule has 0 spiro atoms. The maximum absolute atomic E-state index is 14.6. The van der Waals surface area contributed by atoms with Crippen LogP contribution in [0.2, 0.25) is 0 Å². The summed E-state index contributed by atoms with van der Waals surface area (Å²) in [6.45, 7) is 3.65. The summed E-state index contributed by atoms with van der Waals surface area (Å²) in [4.78, 5) is 10.3. The minimum Gasteiger partial charge on any atom is -0.489 e. The lowest BCUT2D eigenvalue weighted by Crippen LogP contribution is -2.25. The number of halogens is 1. The molecule has 0 aliphatic carbocycles. The van der Waals surface area contributed by atoms with Crippen LogP contribution < -0.4 is 14.4 Å². The standard InChI is InChI=1S/C25H28FN3O4S/c1-3-18-15-27-25(28-16-18)32-12-10-19-5-4-6-20(13-19)33-21-9-11-29(17-21)24-8-7-22(14-23(24)26)34(2,30)31/h4-8,13-16,21H,3,9-12,17H2,1-2H3. The highest BCUT2D eigenvalue weighted by Gasteiger charge is 2.26. The Morgan fingerprint density at radius 1 is 1.12 bits per heavy atom. The number of sulfone groups is 1. The first-order chi connectivity index (χ1) is 16.3. The van der Waals surface area contributed by atoms with E-state index in [-0.39, 0.29) is 11.0 Å². The van der Waals surface area contributed by atoms with Crippen molar-refractivity contribution in [2.24, 2.45) is 0 Å². The monoisotopic (exact) mass is 485 g/mol. The molecule has 34 heavy (non-hydrogen) atoms. The van der Waals surface area contributed by atoms with E-state index in [4.69, 9.17) is 9.47 Å². The largest absolute Gasteiger partial charge is 0.489 e. The zero-order valence-corrected chi connectivity index (χ0v) is 20.1. The van der Waals surface area contributed by atoms with Gasteiger partial charge in [0.25, 0.3) is 0 Å². The van der Waals surface area contributed by atoms with Gasteiger partial charge in [0, 0.05) is 38.0 Å². The van der Waals surface area contributed by atoms with Gasteiger partial charge >= 0.3 is 6.01 Å². The van der Waals surface area contributed by atoms with E-state index in [1.54, 1.807) is 12.4 Å². The van der Waals surface area contributed by atoms with Gasteiger partial charge in [0.15, 0.2) is 9.84 Å². The number of ether oxygens (including phenoxy) is 2. The molecule has 1 aromatic heterocycles. The van der Waals surface area contributed by atoms with Crippen LogP contribution in [0.25, 0.3) is 0 Å². The molecule has 1 aliphatic rings. The van der Waals surface area contributed by atoms with Crippen LogP contribution in [-0.4, -0.2) is 50.4 Å². The molecule has 0 saturated carbocycles. The van der Waals surface area contributed by atoms with Crippen LogP contribution in [0.15, 0.2) is 59.8 Å². The van der Waals surface area contributed by atoms with Crippen LogP contribution in [0.4, 0.5) is 10.1 Å². The van der Waals surface area contributed by atoms with E-state index >= 15 is 0 Å². The zero-order chi connectivity index (χ0) is 24.1. The Balaban J connectivity index is 1.31. The first-order valence-electron chi connectivity index (χ1n) is 11.3. The fourth-order valence-corrected chi connectivity index (χ4v) is 4.48. The highest BCUT2D eigenvalue weighted by Crippen LogP contribution is 2.28. The summed E-state index contributed by atoms with van der Waals surface area (Å²) in [5.74, 6) is 0.208. The quantitative estimate of drug-likeness (QED) is 0.455. The predicted molar refractivity (Wildman–Crippen MR) is 128 cm³/mol. The van der Waals surface area contributed by atoms with Gasteiger partial charge in [0.05, 0.1) is 23.7 Å². The van der Waals surface area contributed by atoms with E-state index in [2.05, 4.69) is 9.97 Å². The Kier molecular flexibility index (Phi) is 7.31. The minimum atomic E-state index is -3.45. The van der Waals surface area contributed by atoms with E-state index in [0.29, 0.717) is 37.8 Å². The van der Waals surface area contributed by atoms with Gasteiger partial charge < -0.3 is 14.4 Å². The Bertz CT molecular complexity index is 1240. The van der Waals surface area contributed by atoms with Crippen LogP contribution in [0, 0.1) is 5.82 Å². The van der Waals surface area contributed by atoms with Crippen molar-refractivity contribution < 1.29 is 22.3 Å². The Hall–Kier alpha value is -3.20. The van der Waals surface area contributed by atoms with Crippen molar-refractivity contribution in [1.82, 2.24) is 9.97 Å².